The maximum absolute atomic E-state index is 12.6. The summed E-state index contributed by atoms with van der Waals surface area (Å²) in [5, 5.41) is 12.0. The summed E-state index contributed by atoms with van der Waals surface area (Å²) < 4.78 is 0. The number of ketones is 1. The summed E-state index contributed by atoms with van der Waals surface area (Å²) >= 11 is 0. The van der Waals surface area contributed by atoms with Crippen molar-refractivity contribution in [2.75, 3.05) is 0 Å². The first-order valence-electron chi connectivity index (χ1n) is 12.6. The zero-order valence-corrected chi connectivity index (χ0v) is 21.0. The van der Waals surface area contributed by atoms with Gasteiger partial charge in [0.2, 0.25) is 0 Å². The van der Waals surface area contributed by atoms with Crippen LogP contribution in [0.5, 0.6) is 0 Å². The molecule has 2 nitrogen and oxygen atoms in total. The summed E-state index contributed by atoms with van der Waals surface area (Å²) in [7, 11) is 0. The lowest BCUT2D eigenvalue weighted by Gasteiger charge is -2.60. The van der Waals surface area contributed by atoms with E-state index in [1.54, 1.807) is 0 Å². The number of aliphatic hydroxyl groups is 1. The molecular formula is C29H46O2. The van der Waals surface area contributed by atoms with Crippen LogP contribution in [0.2, 0.25) is 0 Å². The Morgan fingerprint density at radius 1 is 1.00 bits per heavy atom. The van der Waals surface area contributed by atoms with Crippen LogP contribution in [-0.2, 0) is 4.79 Å². The van der Waals surface area contributed by atoms with Gasteiger partial charge in [-0.15, -0.1) is 0 Å². The van der Waals surface area contributed by atoms with Gasteiger partial charge >= 0.3 is 0 Å². The van der Waals surface area contributed by atoms with E-state index in [9.17, 15) is 9.90 Å². The molecule has 0 bridgehead atoms. The third kappa shape index (κ3) is 4.52. The lowest BCUT2D eigenvalue weighted by atomic mass is 9.45. The zero-order chi connectivity index (χ0) is 23.0. The van der Waals surface area contributed by atoms with Crippen LogP contribution in [0.3, 0.4) is 0 Å². The smallest absolute Gasteiger partial charge is 0.138 e. The molecule has 0 heterocycles. The molecule has 31 heavy (non-hydrogen) atoms. The summed E-state index contributed by atoms with van der Waals surface area (Å²) in [6.45, 7) is 17.7. The zero-order valence-electron chi connectivity index (χ0n) is 21.0. The molecule has 0 aromatic rings. The predicted molar refractivity (Wildman–Crippen MR) is 131 cm³/mol. The highest BCUT2D eigenvalue weighted by atomic mass is 16.3. The predicted octanol–water partition coefficient (Wildman–Crippen LogP) is 7.58. The summed E-state index contributed by atoms with van der Waals surface area (Å²) in [6.07, 6.45) is 14.5. The molecule has 0 spiro atoms. The van der Waals surface area contributed by atoms with Crippen molar-refractivity contribution in [2.24, 2.45) is 28.6 Å². The number of hydrogen-bond acceptors (Lipinski definition) is 2. The largest absolute Gasteiger partial charge is 0.389 e. The number of rotatable bonds is 7. The van der Waals surface area contributed by atoms with Gasteiger partial charge in [-0.3, -0.25) is 4.79 Å². The Kier molecular flexibility index (Phi) is 7.11. The summed E-state index contributed by atoms with van der Waals surface area (Å²) in [4.78, 5) is 12.6. The second-order valence-electron chi connectivity index (χ2n) is 12.0. The molecule has 174 valence electrons. The van der Waals surface area contributed by atoms with Crippen molar-refractivity contribution in [3.63, 3.8) is 0 Å². The van der Waals surface area contributed by atoms with Crippen molar-refractivity contribution in [1.82, 2.24) is 0 Å². The van der Waals surface area contributed by atoms with Crippen LogP contribution in [0.15, 0.2) is 35.5 Å². The maximum atomic E-state index is 12.6. The molecule has 0 aromatic heterocycles. The van der Waals surface area contributed by atoms with Gasteiger partial charge in [0.1, 0.15) is 5.78 Å². The van der Waals surface area contributed by atoms with E-state index in [0.717, 1.165) is 57.8 Å². The highest BCUT2D eigenvalue weighted by Gasteiger charge is 2.65. The van der Waals surface area contributed by atoms with E-state index in [4.69, 9.17) is 0 Å². The van der Waals surface area contributed by atoms with E-state index >= 15 is 0 Å². The molecule has 3 aliphatic rings. The lowest BCUT2D eigenvalue weighted by Crippen LogP contribution is -2.60. The number of Topliss-reactive ketones (excluding diaryl/α,β-unsaturated/α-hetero) is 1. The van der Waals surface area contributed by atoms with Gasteiger partial charge in [0, 0.05) is 17.8 Å². The molecule has 3 aliphatic carbocycles. The third-order valence-corrected chi connectivity index (χ3v) is 9.40. The molecule has 3 fully saturated rings. The number of fused-ring (bicyclic) bond motifs is 3. The fourth-order valence-corrected chi connectivity index (χ4v) is 7.63. The van der Waals surface area contributed by atoms with E-state index in [0.29, 0.717) is 24.0 Å². The maximum Gasteiger partial charge on any atom is 0.138 e. The van der Waals surface area contributed by atoms with Crippen molar-refractivity contribution < 1.29 is 9.90 Å². The summed E-state index contributed by atoms with van der Waals surface area (Å²) in [5.74, 6) is 1.33. The van der Waals surface area contributed by atoms with Gasteiger partial charge in [-0.25, -0.2) is 0 Å². The normalized spacial score (nSPS) is 37.2. The third-order valence-electron chi connectivity index (χ3n) is 9.40. The Morgan fingerprint density at radius 2 is 1.68 bits per heavy atom. The van der Waals surface area contributed by atoms with Crippen molar-refractivity contribution in [3.05, 3.63) is 35.5 Å². The van der Waals surface area contributed by atoms with Crippen LogP contribution in [0.4, 0.5) is 0 Å². The summed E-state index contributed by atoms with van der Waals surface area (Å²) in [6, 6.07) is 0. The minimum Gasteiger partial charge on any atom is -0.389 e. The Bertz CT molecular complexity index is 766. The SMILES string of the molecule is C=C(CC/C=C(\C)CCC=C(C)C)C1CCC2[C@@]3(C)CCC(=O)C(C)(C)C3CC[C@@]12O. The van der Waals surface area contributed by atoms with Crippen molar-refractivity contribution in [3.8, 4) is 0 Å². The van der Waals surface area contributed by atoms with E-state index in [1.807, 2.05) is 0 Å². The second kappa shape index (κ2) is 9.00. The Hall–Kier alpha value is -1.15. The second-order valence-corrected chi connectivity index (χ2v) is 12.0. The molecule has 3 unspecified atom stereocenters. The minimum absolute atomic E-state index is 0.0703. The van der Waals surface area contributed by atoms with Crippen LogP contribution < -0.4 is 0 Å². The molecule has 3 saturated carbocycles. The van der Waals surface area contributed by atoms with Gasteiger partial charge in [-0.2, -0.15) is 0 Å². The van der Waals surface area contributed by atoms with Crippen LogP contribution in [0, 0.1) is 28.6 Å². The molecule has 0 aromatic carbocycles. The van der Waals surface area contributed by atoms with Gasteiger partial charge in [0.15, 0.2) is 0 Å². The Balaban J connectivity index is 1.65. The number of allylic oxidation sites excluding steroid dienone is 4. The average Bonchev–Trinajstić information content (AvgIpc) is 3.03. The van der Waals surface area contributed by atoms with Gasteiger partial charge in [0.05, 0.1) is 5.60 Å². The highest BCUT2D eigenvalue weighted by molar-refractivity contribution is 5.85. The average molecular weight is 427 g/mol. The van der Waals surface area contributed by atoms with Gasteiger partial charge in [-0.05, 0) is 95.8 Å². The fourth-order valence-electron chi connectivity index (χ4n) is 7.63. The van der Waals surface area contributed by atoms with Crippen LogP contribution in [0.25, 0.3) is 0 Å². The Labute approximate surface area is 191 Å². The van der Waals surface area contributed by atoms with Crippen LogP contribution in [-0.4, -0.2) is 16.5 Å². The van der Waals surface area contributed by atoms with Gasteiger partial charge in [0.25, 0.3) is 0 Å². The first-order chi connectivity index (χ1) is 14.4. The topological polar surface area (TPSA) is 37.3 Å². The number of carbonyl (C=O) groups is 1. The van der Waals surface area contributed by atoms with Crippen molar-refractivity contribution in [2.45, 2.75) is 111 Å². The number of carbonyl (C=O) groups excluding carboxylic acids is 1. The molecule has 1 N–H and O–H groups in total. The monoisotopic (exact) mass is 426 g/mol. The van der Waals surface area contributed by atoms with Crippen molar-refractivity contribution in [1.29, 1.82) is 0 Å². The molecular weight excluding hydrogens is 380 g/mol. The first-order valence-corrected chi connectivity index (χ1v) is 12.6. The van der Waals surface area contributed by atoms with Gasteiger partial charge in [-0.1, -0.05) is 56.2 Å². The highest BCUT2D eigenvalue weighted by Crippen LogP contribution is 2.66. The molecule has 0 saturated heterocycles. The molecule has 0 amide bonds. The van der Waals surface area contributed by atoms with E-state index < -0.39 is 5.60 Å². The molecule has 5 atom stereocenters. The molecule has 0 radical (unpaired) electrons. The Morgan fingerprint density at radius 3 is 2.35 bits per heavy atom. The molecule has 2 heteroatoms. The number of hydrogen-bond donors (Lipinski definition) is 1. The van der Waals surface area contributed by atoms with E-state index in [-0.39, 0.29) is 16.7 Å². The van der Waals surface area contributed by atoms with Crippen LogP contribution in [0.1, 0.15) is 106 Å². The van der Waals surface area contributed by atoms with E-state index in [2.05, 4.69) is 60.3 Å². The fraction of sp³-hybridized carbons (Fsp3) is 0.759. The molecule has 3 rings (SSSR count). The standard InChI is InChI=1S/C29H46O2/c1-20(2)10-8-11-21(3)12-9-13-22(4)23-14-15-25-28(7)18-17-26(30)27(5,6)24(28)16-19-29(23,25)31/h10,12,23-25,31H,4,8-9,11,13-19H2,1-3,5-7H3/b21-12+/t23?,24?,25?,28-,29+/m0/s1. The quantitative estimate of drug-likeness (QED) is 0.426. The molecule has 0 aliphatic heterocycles. The minimum atomic E-state index is -0.624. The summed E-state index contributed by atoms with van der Waals surface area (Å²) in [5.41, 5.74) is 3.28. The first kappa shape index (κ1) is 24.5. The van der Waals surface area contributed by atoms with Gasteiger partial charge < -0.3 is 5.11 Å². The van der Waals surface area contributed by atoms with Crippen molar-refractivity contribution >= 4 is 5.78 Å². The lowest BCUT2D eigenvalue weighted by molar-refractivity contribution is -0.178. The van der Waals surface area contributed by atoms with Crippen LogP contribution >= 0.6 is 0 Å². The van der Waals surface area contributed by atoms with E-state index in [1.165, 1.54) is 16.7 Å².